The van der Waals surface area contributed by atoms with Crippen LogP contribution in [0.3, 0.4) is 0 Å². The smallest absolute Gasteiger partial charge is 0.347 e. The molecular formula is C22H17N3O3S. The number of carbonyl (C=O) groups excluding carboxylic acids is 1. The summed E-state index contributed by atoms with van der Waals surface area (Å²) in [5.74, 6) is 0.764. The van der Waals surface area contributed by atoms with Crippen LogP contribution in [-0.4, -0.2) is 15.8 Å². The number of benzene rings is 1. The van der Waals surface area contributed by atoms with Gasteiger partial charge in [-0.1, -0.05) is 18.2 Å². The van der Waals surface area contributed by atoms with Crippen LogP contribution in [0.4, 0.5) is 5.82 Å². The number of nitrogens with zero attached hydrogens (tertiary/aromatic N) is 2. The minimum Gasteiger partial charge on any atom is -0.422 e. The first-order chi connectivity index (χ1) is 14.1. The number of aromatic nitrogens is 2. The number of thiophene rings is 1. The van der Waals surface area contributed by atoms with E-state index in [0.29, 0.717) is 23.7 Å². The highest BCUT2D eigenvalue weighted by Gasteiger charge is 2.26. The zero-order chi connectivity index (χ0) is 20.0. The molecule has 29 heavy (non-hydrogen) atoms. The standard InChI is InChI=1S/C22H17N3O3S/c23-21-20-19(24-11-25-21)14(10-29-20)5-3-12-4-6-18-15(7-12)9-16(22(27)28-18)17(26)8-13-1-2-13/h3-7,9-11,13H,1-2,8H2,(H2,23,24,25)/b5-3+. The highest BCUT2D eigenvalue weighted by Crippen LogP contribution is 2.33. The Kier molecular flexibility index (Phi) is 4.24. The van der Waals surface area contributed by atoms with Crippen LogP contribution in [0.2, 0.25) is 0 Å². The lowest BCUT2D eigenvalue weighted by Gasteiger charge is -2.03. The summed E-state index contributed by atoms with van der Waals surface area (Å²) in [5, 5.41) is 2.72. The zero-order valence-corrected chi connectivity index (χ0v) is 16.2. The highest BCUT2D eigenvalue weighted by atomic mass is 32.1. The number of carbonyl (C=O) groups is 1. The fraction of sp³-hybridized carbons (Fsp3) is 0.182. The van der Waals surface area contributed by atoms with Crippen molar-refractivity contribution < 1.29 is 9.21 Å². The first-order valence-corrected chi connectivity index (χ1v) is 10.2. The van der Waals surface area contributed by atoms with Crippen molar-refractivity contribution in [1.29, 1.82) is 0 Å². The molecule has 1 saturated carbocycles. The van der Waals surface area contributed by atoms with Gasteiger partial charge in [0.1, 0.15) is 23.3 Å². The van der Waals surface area contributed by atoms with Gasteiger partial charge >= 0.3 is 5.63 Å². The lowest BCUT2D eigenvalue weighted by molar-refractivity contribution is 0.0972. The molecule has 0 spiro atoms. The van der Waals surface area contributed by atoms with E-state index in [0.717, 1.165) is 39.6 Å². The summed E-state index contributed by atoms with van der Waals surface area (Å²) in [5.41, 5.74) is 8.64. The molecule has 0 unspecified atom stereocenters. The van der Waals surface area contributed by atoms with Crippen molar-refractivity contribution in [3.05, 3.63) is 63.1 Å². The molecule has 0 radical (unpaired) electrons. The van der Waals surface area contributed by atoms with Crippen LogP contribution in [0.1, 0.15) is 40.7 Å². The van der Waals surface area contributed by atoms with Gasteiger partial charge in [0.2, 0.25) is 0 Å². The zero-order valence-electron chi connectivity index (χ0n) is 15.4. The van der Waals surface area contributed by atoms with Gasteiger partial charge in [-0.05, 0) is 42.5 Å². The van der Waals surface area contributed by atoms with Gasteiger partial charge < -0.3 is 10.2 Å². The van der Waals surface area contributed by atoms with Gasteiger partial charge in [-0.2, -0.15) is 0 Å². The van der Waals surface area contributed by atoms with Gasteiger partial charge in [0.05, 0.1) is 10.2 Å². The van der Waals surface area contributed by atoms with Crippen LogP contribution in [0.5, 0.6) is 0 Å². The molecule has 1 aliphatic carbocycles. The van der Waals surface area contributed by atoms with Crippen molar-refractivity contribution in [2.24, 2.45) is 5.92 Å². The number of rotatable bonds is 5. The lowest BCUT2D eigenvalue weighted by atomic mass is 10.0. The molecule has 0 aliphatic heterocycles. The first kappa shape index (κ1) is 17.8. The van der Waals surface area contributed by atoms with E-state index in [1.54, 1.807) is 12.1 Å². The molecule has 6 nitrogen and oxygen atoms in total. The molecule has 3 aromatic heterocycles. The maximum Gasteiger partial charge on any atom is 0.347 e. The molecule has 0 atom stereocenters. The highest BCUT2D eigenvalue weighted by molar-refractivity contribution is 7.18. The largest absolute Gasteiger partial charge is 0.422 e. The summed E-state index contributed by atoms with van der Waals surface area (Å²) < 4.78 is 6.23. The molecule has 5 rings (SSSR count). The molecule has 1 aromatic carbocycles. The van der Waals surface area contributed by atoms with Gasteiger partial charge in [-0.3, -0.25) is 4.79 Å². The summed E-state index contributed by atoms with van der Waals surface area (Å²) in [6, 6.07) is 7.17. The van der Waals surface area contributed by atoms with Crippen LogP contribution in [-0.2, 0) is 0 Å². The van der Waals surface area contributed by atoms with E-state index in [9.17, 15) is 9.59 Å². The van der Waals surface area contributed by atoms with Gasteiger partial charge in [-0.15, -0.1) is 11.3 Å². The SMILES string of the molecule is Nc1ncnc2c(/C=C/c3ccc4oc(=O)c(C(=O)CC5CC5)cc4c3)csc12. The van der Waals surface area contributed by atoms with E-state index < -0.39 is 5.63 Å². The third-order valence-corrected chi connectivity index (χ3v) is 6.10. The fourth-order valence-electron chi connectivity index (χ4n) is 3.33. The molecule has 7 heteroatoms. The van der Waals surface area contributed by atoms with E-state index in [1.807, 2.05) is 29.7 Å². The average molecular weight is 403 g/mol. The van der Waals surface area contributed by atoms with Crippen LogP contribution >= 0.6 is 11.3 Å². The number of hydrogen-bond acceptors (Lipinski definition) is 7. The Morgan fingerprint density at radius 3 is 2.93 bits per heavy atom. The van der Waals surface area contributed by atoms with Crippen LogP contribution < -0.4 is 11.4 Å². The Morgan fingerprint density at radius 1 is 1.24 bits per heavy atom. The number of ketones is 1. The van der Waals surface area contributed by atoms with E-state index in [1.165, 1.54) is 17.7 Å². The van der Waals surface area contributed by atoms with Crippen molar-refractivity contribution in [3.8, 4) is 0 Å². The van der Waals surface area contributed by atoms with E-state index in [2.05, 4.69) is 9.97 Å². The van der Waals surface area contributed by atoms with Gasteiger partial charge in [0.25, 0.3) is 0 Å². The van der Waals surface area contributed by atoms with Crippen molar-refractivity contribution in [1.82, 2.24) is 9.97 Å². The topological polar surface area (TPSA) is 99.1 Å². The first-order valence-electron chi connectivity index (χ1n) is 9.35. The predicted octanol–water partition coefficient (Wildman–Crippen LogP) is 4.53. The van der Waals surface area contributed by atoms with Crippen molar-refractivity contribution in [3.63, 3.8) is 0 Å². The summed E-state index contributed by atoms with van der Waals surface area (Å²) in [6.07, 6.45) is 7.92. The quantitative estimate of drug-likeness (QED) is 0.388. The Labute approximate surface area is 169 Å². The minimum absolute atomic E-state index is 0.133. The molecule has 1 fully saturated rings. The molecule has 4 aromatic rings. The molecule has 3 heterocycles. The second-order valence-electron chi connectivity index (χ2n) is 7.28. The average Bonchev–Trinajstić information content (AvgIpc) is 3.42. The fourth-order valence-corrected chi connectivity index (χ4v) is 4.22. The summed E-state index contributed by atoms with van der Waals surface area (Å²) >= 11 is 1.51. The maximum atomic E-state index is 12.4. The third kappa shape index (κ3) is 3.45. The predicted molar refractivity (Wildman–Crippen MR) is 115 cm³/mol. The number of anilines is 1. The van der Waals surface area contributed by atoms with E-state index >= 15 is 0 Å². The molecule has 144 valence electrons. The normalized spacial score (nSPS) is 14.2. The van der Waals surface area contributed by atoms with Crippen molar-refractivity contribution in [2.75, 3.05) is 5.73 Å². The number of fused-ring (bicyclic) bond motifs is 2. The van der Waals surface area contributed by atoms with Gasteiger partial charge in [0.15, 0.2) is 5.78 Å². The number of hydrogen-bond donors (Lipinski definition) is 1. The monoisotopic (exact) mass is 403 g/mol. The Balaban J connectivity index is 1.49. The second-order valence-corrected chi connectivity index (χ2v) is 8.16. The molecule has 0 bridgehead atoms. The lowest BCUT2D eigenvalue weighted by Crippen LogP contribution is -2.14. The Bertz CT molecular complexity index is 1350. The second kappa shape index (κ2) is 6.93. The van der Waals surface area contributed by atoms with Crippen LogP contribution in [0, 0.1) is 5.92 Å². The van der Waals surface area contributed by atoms with Crippen molar-refractivity contribution in [2.45, 2.75) is 19.3 Å². The minimum atomic E-state index is -0.562. The Hall–Kier alpha value is -3.32. The number of nitrogen functional groups attached to an aromatic ring is 1. The summed E-state index contributed by atoms with van der Waals surface area (Å²) in [7, 11) is 0. The maximum absolute atomic E-state index is 12.4. The molecule has 0 amide bonds. The van der Waals surface area contributed by atoms with Crippen LogP contribution in [0.15, 0.2) is 45.2 Å². The summed E-state index contributed by atoms with van der Waals surface area (Å²) in [6.45, 7) is 0. The Morgan fingerprint density at radius 2 is 2.10 bits per heavy atom. The summed E-state index contributed by atoms with van der Waals surface area (Å²) in [4.78, 5) is 32.9. The molecular weight excluding hydrogens is 386 g/mol. The van der Waals surface area contributed by atoms with Crippen LogP contribution in [0.25, 0.3) is 33.3 Å². The number of nitrogens with two attached hydrogens (primary N) is 1. The number of Topliss-reactive ketones (excluding diaryl/α,β-unsaturated/α-hetero) is 1. The van der Waals surface area contributed by atoms with E-state index in [4.69, 9.17) is 10.2 Å². The molecule has 0 saturated heterocycles. The molecule has 1 aliphatic rings. The van der Waals surface area contributed by atoms with Crippen molar-refractivity contribution >= 4 is 56.3 Å². The van der Waals surface area contributed by atoms with Gasteiger partial charge in [0, 0.05) is 22.8 Å². The van der Waals surface area contributed by atoms with E-state index in [-0.39, 0.29) is 11.3 Å². The third-order valence-electron chi connectivity index (χ3n) is 5.09. The molecule has 2 N–H and O–H groups in total. The van der Waals surface area contributed by atoms with Gasteiger partial charge in [-0.25, -0.2) is 14.8 Å².